The van der Waals surface area contributed by atoms with Crippen molar-refractivity contribution >= 4 is 0 Å². The molecule has 0 radical (unpaired) electrons. The first-order valence-electron chi connectivity index (χ1n) is 7.64. The van der Waals surface area contributed by atoms with Gasteiger partial charge in [-0.25, -0.2) is 0 Å². The smallest absolute Gasteiger partial charge is 0.0359 e. The highest BCUT2D eigenvalue weighted by Gasteiger charge is 2.18. The standard InChI is InChI=1S/C16H28N2/c1-3-18-11-5-8-16(18)13-17-10-9-15-7-4-6-14(2)12-15/h5,8,11,14-15,17H,3-4,6-7,9-10,12-13H2,1-2H3. The monoisotopic (exact) mass is 248 g/mol. The van der Waals surface area contributed by atoms with Crippen molar-refractivity contribution in [2.75, 3.05) is 6.54 Å². The SMILES string of the molecule is CCn1cccc1CNCCC1CCCC(C)C1. The number of aromatic nitrogens is 1. The van der Waals surface area contributed by atoms with Gasteiger partial charge in [0.15, 0.2) is 0 Å². The Balaban J connectivity index is 1.64. The summed E-state index contributed by atoms with van der Waals surface area (Å²) in [5, 5.41) is 3.60. The number of hydrogen-bond donors (Lipinski definition) is 1. The van der Waals surface area contributed by atoms with Crippen LogP contribution in [0.2, 0.25) is 0 Å². The highest BCUT2D eigenvalue weighted by Crippen LogP contribution is 2.30. The average Bonchev–Trinajstić information content (AvgIpc) is 2.82. The van der Waals surface area contributed by atoms with Gasteiger partial charge in [0.05, 0.1) is 0 Å². The van der Waals surface area contributed by atoms with Crippen LogP contribution in [0.15, 0.2) is 18.3 Å². The Bertz CT molecular complexity index is 343. The summed E-state index contributed by atoms with van der Waals surface area (Å²) >= 11 is 0. The van der Waals surface area contributed by atoms with E-state index in [1.807, 2.05) is 0 Å². The van der Waals surface area contributed by atoms with Crippen molar-refractivity contribution in [2.24, 2.45) is 11.8 Å². The zero-order chi connectivity index (χ0) is 12.8. The van der Waals surface area contributed by atoms with Gasteiger partial charge < -0.3 is 9.88 Å². The average molecular weight is 248 g/mol. The summed E-state index contributed by atoms with van der Waals surface area (Å²) in [6, 6.07) is 4.36. The zero-order valence-corrected chi connectivity index (χ0v) is 12.0. The van der Waals surface area contributed by atoms with Crippen LogP contribution < -0.4 is 5.32 Å². The normalized spacial score (nSPS) is 24.3. The molecule has 2 atom stereocenters. The molecule has 1 heterocycles. The van der Waals surface area contributed by atoms with Crippen molar-refractivity contribution < 1.29 is 0 Å². The molecule has 0 amide bonds. The van der Waals surface area contributed by atoms with Crippen LogP contribution in [0.25, 0.3) is 0 Å². The fourth-order valence-electron chi connectivity index (χ4n) is 3.26. The molecular formula is C16H28N2. The third-order valence-corrected chi connectivity index (χ3v) is 4.34. The Labute approximate surface area is 112 Å². The van der Waals surface area contributed by atoms with Gasteiger partial charge >= 0.3 is 0 Å². The van der Waals surface area contributed by atoms with Crippen LogP contribution in [0.1, 0.15) is 51.6 Å². The highest BCUT2D eigenvalue weighted by atomic mass is 15.0. The lowest BCUT2D eigenvalue weighted by Gasteiger charge is -2.26. The predicted molar refractivity (Wildman–Crippen MR) is 77.6 cm³/mol. The Hall–Kier alpha value is -0.760. The molecule has 0 saturated heterocycles. The van der Waals surface area contributed by atoms with Gasteiger partial charge in [0.25, 0.3) is 0 Å². The van der Waals surface area contributed by atoms with E-state index in [4.69, 9.17) is 0 Å². The van der Waals surface area contributed by atoms with E-state index in [0.717, 1.165) is 24.9 Å². The van der Waals surface area contributed by atoms with Crippen molar-refractivity contribution in [1.29, 1.82) is 0 Å². The van der Waals surface area contributed by atoms with Crippen LogP contribution in [0, 0.1) is 11.8 Å². The summed E-state index contributed by atoms with van der Waals surface area (Å²) < 4.78 is 2.32. The van der Waals surface area contributed by atoms with E-state index in [9.17, 15) is 0 Å². The van der Waals surface area contributed by atoms with E-state index < -0.39 is 0 Å². The third-order valence-electron chi connectivity index (χ3n) is 4.34. The van der Waals surface area contributed by atoms with Crippen molar-refractivity contribution in [3.05, 3.63) is 24.0 Å². The minimum absolute atomic E-state index is 0.959. The molecular weight excluding hydrogens is 220 g/mol. The molecule has 0 bridgehead atoms. The van der Waals surface area contributed by atoms with Gasteiger partial charge in [-0.3, -0.25) is 0 Å². The molecule has 1 aliphatic rings. The van der Waals surface area contributed by atoms with Gasteiger partial charge in [-0.05, 0) is 50.3 Å². The fraction of sp³-hybridized carbons (Fsp3) is 0.750. The van der Waals surface area contributed by atoms with Gasteiger partial charge in [-0.15, -0.1) is 0 Å². The highest BCUT2D eigenvalue weighted by molar-refractivity contribution is 5.06. The van der Waals surface area contributed by atoms with Crippen LogP contribution in [-0.2, 0) is 13.1 Å². The molecule has 102 valence electrons. The van der Waals surface area contributed by atoms with E-state index in [0.29, 0.717) is 0 Å². The van der Waals surface area contributed by atoms with Gasteiger partial charge in [0, 0.05) is 25.0 Å². The minimum Gasteiger partial charge on any atom is -0.351 e. The van der Waals surface area contributed by atoms with Crippen LogP contribution in [0.4, 0.5) is 0 Å². The van der Waals surface area contributed by atoms with E-state index in [1.54, 1.807) is 0 Å². The van der Waals surface area contributed by atoms with Crippen LogP contribution in [-0.4, -0.2) is 11.1 Å². The molecule has 2 nitrogen and oxygen atoms in total. The molecule has 0 aromatic carbocycles. The molecule has 1 fully saturated rings. The van der Waals surface area contributed by atoms with Crippen molar-refractivity contribution in [2.45, 2.75) is 59.0 Å². The van der Waals surface area contributed by atoms with Crippen molar-refractivity contribution in [1.82, 2.24) is 9.88 Å². The fourth-order valence-corrected chi connectivity index (χ4v) is 3.26. The second kappa shape index (κ2) is 6.98. The molecule has 18 heavy (non-hydrogen) atoms. The maximum atomic E-state index is 3.60. The Morgan fingerprint density at radius 1 is 1.39 bits per heavy atom. The Morgan fingerprint density at radius 2 is 2.28 bits per heavy atom. The van der Waals surface area contributed by atoms with E-state index >= 15 is 0 Å². The second-order valence-corrected chi connectivity index (χ2v) is 5.89. The molecule has 1 aliphatic carbocycles. The first-order valence-corrected chi connectivity index (χ1v) is 7.64. The quantitative estimate of drug-likeness (QED) is 0.757. The molecule has 1 saturated carbocycles. The van der Waals surface area contributed by atoms with E-state index in [1.165, 1.54) is 44.3 Å². The zero-order valence-electron chi connectivity index (χ0n) is 12.0. The summed E-state index contributed by atoms with van der Waals surface area (Å²) in [4.78, 5) is 0. The molecule has 2 heteroatoms. The van der Waals surface area contributed by atoms with Gasteiger partial charge in [0.1, 0.15) is 0 Å². The van der Waals surface area contributed by atoms with Gasteiger partial charge in [-0.2, -0.15) is 0 Å². The lowest BCUT2D eigenvalue weighted by Crippen LogP contribution is -2.22. The molecule has 0 aliphatic heterocycles. The number of nitrogens with zero attached hydrogens (tertiary/aromatic N) is 1. The number of aryl methyl sites for hydroxylation is 1. The number of nitrogens with one attached hydrogen (secondary N) is 1. The first kappa shape index (κ1) is 13.7. The van der Waals surface area contributed by atoms with Crippen LogP contribution in [0.5, 0.6) is 0 Å². The Morgan fingerprint density at radius 3 is 3.06 bits per heavy atom. The lowest BCUT2D eigenvalue weighted by molar-refractivity contribution is 0.267. The summed E-state index contributed by atoms with van der Waals surface area (Å²) in [6.45, 7) is 7.88. The maximum absolute atomic E-state index is 3.60. The molecule has 1 aromatic rings. The summed E-state index contributed by atoms with van der Waals surface area (Å²) in [7, 11) is 0. The second-order valence-electron chi connectivity index (χ2n) is 5.89. The van der Waals surface area contributed by atoms with Crippen LogP contribution in [0.3, 0.4) is 0 Å². The lowest BCUT2D eigenvalue weighted by atomic mass is 9.81. The van der Waals surface area contributed by atoms with E-state index in [2.05, 4.69) is 42.1 Å². The summed E-state index contributed by atoms with van der Waals surface area (Å²) in [6.07, 6.45) is 9.33. The van der Waals surface area contributed by atoms with Gasteiger partial charge in [-0.1, -0.05) is 26.2 Å². The number of hydrogen-bond acceptors (Lipinski definition) is 1. The minimum atomic E-state index is 0.959. The van der Waals surface area contributed by atoms with Crippen LogP contribution >= 0.6 is 0 Å². The predicted octanol–water partition coefficient (Wildman–Crippen LogP) is 3.81. The van der Waals surface area contributed by atoms with E-state index in [-0.39, 0.29) is 0 Å². The number of rotatable bonds is 6. The van der Waals surface area contributed by atoms with Gasteiger partial charge in [0.2, 0.25) is 0 Å². The summed E-state index contributed by atoms with van der Waals surface area (Å²) in [5.74, 6) is 1.93. The third kappa shape index (κ3) is 3.88. The Kier molecular flexibility index (Phi) is 5.30. The molecule has 2 rings (SSSR count). The molecule has 1 N–H and O–H groups in total. The molecule has 2 unspecified atom stereocenters. The van der Waals surface area contributed by atoms with Crippen molar-refractivity contribution in [3.8, 4) is 0 Å². The molecule has 0 spiro atoms. The first-order chi connectivity index (χ1) is 8.79. The van der Waals surface area contributed by atoms with Crippen molar-refractivity contribution in [3.63, 3.8) is 0 Å². The largest absolute Gasteiger partial charge is 0.351 e. The maximum Gasteiger partial charge on any atom is 0.0359 e. The molecule has 1 aromatic heterocycles. The summed E-state index contributed by atoms with van der Waals surface area (Å²) in [5.41, 5.74) is 1.41. The topological polar surface area (TPSA) is 17.0 Å².